The molecule has 0 unspecified atom stereocenters. The van der Waals surface area contributed by atoms with E-state index >= 15 is 0 Å². The lowest BCUT2D eigenvalue weighted by Gasteiger charge is -2.22. The number of aromatic nitrogens is 2. The molecule has 3 aromatic rings. The van der Waals surface area contributed by atoms with Gasteiger partial charge in [-0.1, -0.05) is 54.6 Å². The Morgan fingerprint density at radius 3 is 2.53 bits per heavy atom. The van der Waals surface area contributed by atoms with E-state index in [0.717, 1.165) is 46.1 Å². The molecule has 0 radical (unpaired) electrons. The second-order valence-corrected chi connectivity index (χ2v) is 10.0. The van der Waals surface area contributed by atoms with E-state index in [9.17, 15) is 4.79 Å². The lowest BCUT2D eigenvalue weighted by molar-refractivity contribution is 0.0917. The maximum absolute atomic E-state index is 13.3. The lowest BCUT2D eigenvalue weighted by atomic mass is 9.95. The summed E-state index contributed by atoms with van der Waals surface area (Å²) in [7, 11) is 1.62. The number of benzene rings is 2. The minimum absolute atomic E-state index is 0.178. The van der Waals surface area contributed by atoms with Gasteiger partial charge in [0.05, 0.1) is 23.0 Å². The van der Waals surface area contributed by atoms with Gasteiger partial charge in [-0.15, -0.1) is 0 Å². The van der Waals surface area contributed by atoms with Crippen LogP contribution in [0.3, 0.4) is 0 Å². The number of amides is 1. The van der Waals surface area contributed by atoms with Gasteiger partial charge in [-0.05, 0) is 65.8 Å². The zero-order valence-corrected chi connectivity index (χ0v) is 21.4. The Morgan fingerprint density at radius 2 is 1.88 bits per heavy atom. The molecular formula is C24H24Cl2IN3O2. The van der Waals surface area contributed by atoms with Gasteiger partial charge in [-0.25, -0.2) is 4.68 Å². The van der Waals surface area contributed by atoms with Gasteiger partial charge < -0.3 is 10.1 Å². The van der Waals surface area contributed by atoms with Crippen LogP contribution in [0.4, 0.5) is 0 Å². The molecule has 32 heavy (non-hydrogen) atoms. The van der Waals surface area contributed by atoms with Gasteiger partial charge in [0.1, 0.15) is 0 Å². The van der Waals surface area contributed by atoms with Crippen LogP contribution >= 0.6 is 45.8 Å². The quantitative estimate of drug-likeness (QED) is 0.330. The minimum Gasteiger partial charge on any atom is -0.380 e. The molecule has 0 spiro atoms. The number of nitrogens with one attached hydrogen (secondary N) is 1. The van der Waals surface area contributed by atoms with E-state index in [4.69, 9.17) is 33.0 Å². The fourth-order valence-corrected chi connectivity index (χ4v) is 4.99. The van der Waals surface area contributed by atoms with Crippen LogP contribution in [0, 0.1) is 3.57 Å². The van der Waals surface area contributed by atoms with Gasteiger partial charge in [-0.2, -0.15) is 5.10 Å². The van der Waals surface area contributed by atoms with Crippen LogP contribution in [0.2, 0.25) is 10.0 Å². The summed E-state index contributed by atoms with van der Waals surface area (Å²) in [5, 5.41) is 8.92. The highest BCUT2D eigenvalue weighted by Gasteiger charge is 2.27. The number of hydrogen-bond acceptors (Lipinski definition) is 3. The molecule has 0 saturated heterocycles. The number of rotatable bonds is 6. The predicted octanol–water partition coefficient (Wildman–Crippen LogP) is 6.66. The zero-order chi connectivity index (χ0) is 22.7. The van der Waals surface area contributed by atoms with Gasteiger partial charge >= 0.3 is 0 Å². The maximum atomic E-state index is 13.3. The summed E-state index contributed by atoms with van der Waals surface area (Å²) in [6, 6.07) is 13.5. The van der Waals surface area contributed by atoms with Crippen molar-refractivity contribution in [2.75, 3.05) is 7.11 Å². The fraction of sp³-hybridized carbons (Fsp3) is 0.333. The van der Waals surface area contributed by atoms with Crippen LogP contribution in [0.15, 0.2) is 42.5 Å². The third kappa shape index (κ3) is 5.14. The number of ether oxygens (including phenoxy) is 1. The monoisotopic (exact) mass is 583 g/mol. The van der Waals surface area contributed by atoms with Crippen LogP contribution in [-0.2, 0) is 11.3 Å². The molecule has 1 saturated carbocycles. The molecule has 1 aliphatic carbocycles. The van der Waals surface area contributed by atoms with Crippen LogP contribution in [0.25, 0.3) is 16.9 Å². The first-order valence-electron chi connectivity index (χ1n) is 10.6. The van der Waals surface area contributed by atoms with E-state index < -0.39 is 0 Å². The molecule has 1 N–H and O–H groups in total. The van der Waals surface area contributed by atoms with Gasteiger partial charge in [0.2, 0.25) is 0 Å². The largest absolute Gasteiger partial charge is 0.380 e. The number of nitrogens with zero attached hydrogens (tertiary/aromatic N) is 2. The summed E-state index contributed by atoms with van der Waals surface area (Å²) in [4.78, 5) is 13.3. The Kier molecular flexibility index (Phi) is 7.76. The molecule has 1 aromatic heterocycles. The topological polar surface area (TPSA) is 56.1 Å². The van der Waals surface area contributed by atoms with Crippen LogP contribution in [-0.4, -0.2) is 28.8 Å². The fourth-order valence-electron chi connectivity index (χ4n) is 4.15. The molecule has 4 rings (SSSR count). The Balaban J connectivity index is 1.86. The number of halogens is 3. The highest BCUT2D eigenvalue weighted by atomic mass is 127. The summed E-state index contributed by atoms with van der Waals surface area (Å²) in [6.07, 6.45) is 5.50. The number of methoxy groups -OCH3 is 1. The van der Waals surface area contributed by atoms with Gasteiger partial charge in [-0.3, -0.25) is 4.79 Å². The van der Waals surface area contributed by atoms with E-state index in [1.807, 2.05) is 30.3 Å². The maximum Gasteiger partial charge on any atom is 0.272 e. The highest BCUT2D eigenvalue weighted by Crippen LogP contribution is 2.34. The Hall–Kier alpha value is -1.61. The molecule has 1 aliphatic rings. The van der Waals surface area contributed by atoms with E-state index in [2.05, 4.69) is 27.9 Å². The third-order valence-electron chi connectivity index (χ3n) is 5.68. The van der Waals surface area contributed by atoms with Crippen molar-refractivity contribution in [1.29, 1.82) is 0 Å². The van der Waals surface area contributed by atoms with E-state index in [-0.39, 0.29) is 18.6 Å². The molecule has 0 atom stereocenters. The summed E-state index contributed by atoms with van der Waals surface area (Å²) < 4.78 is 8.35. The molecule has 5 nitrogen and oxygen atoms in total. The molecular weight excluding hydrogens is 560 g/mol. The molecule has 168 valence electrons. The first kappa shape index (κ1) is 23.5. The highest BCUT2D eigenvalue weighted by molar-refractivity contribution is 14.1. The molecule has 1 heterocycles. The van der Waals surface area contributed by atoms with Crippen LogP contribution in [0.1, 0.15) is 48.2 Å². The van der Waals surface area contributed by atoms with E-state index in [1.165, 1.54) is 6.42 Å². The second-order valence-electron chi connectivity index (χ2n) is 7.93. The van der Waals surface area contributed by atoms with Gasteiger partial charge in [0.15, 0.2) is 5.69 Å². The van der Waals surface area contributed by atoms with Gasteiger partial charge in [0, 0.05) is 32.9 Å². The zero-order valence-electron chi connectivity index (χ0n) is 17.7. The predicted molar refractivity (Wildman–Crippen MR) is 137 cm³/mol. The average Bonchev–Trinajstić information content (AvgIpc) is 3.14. The Bertz CT molecular complexity index is 1110. The second kappa shape index (κ2) is 10.5. The van der Waals surface area contributed by atoms with Crippen LogP contribution in [0.5, 0.6) is 0 Å². The SMILES string of the molecule is COCc1c(C(=O)NC2CCCCC2)nn(-c2ccc(Cl)cc2Cl)c1-c1ccc(I)cc1. The summed E-state index contributed by atoms with van der Waals surface area (Å²) in [5.41, 5.74) is 3.44. The Labute approximate surface area is 211 Å². The van der Waals surface area contributed by atoms with Crippen molar-refractivity contribution >= 4 is 51.7 Å². The van der Waals surface area contributed by atoms with Crippen molar-refractivity contribution in [2.24, 2.45) is 0 Å². The van der Waals surface area contributed by atoms with E-state index in [0.29, 0.717) is 21.4 Å². The molecule has 0 bridgehead atoms. The van der Waals surface area contributed by atoms with Crippen molar-refractivity contribution in [2.45, 2.75) is 44.8 Å². The molecule has 8 heteroatoms. The first-order chi connectivity index (χ1) is 15.5. The van der Waals surface area contributed by atoms with E-state index in [1.54, 1.807) is 23.9 Å². The van der Waals surface area contributed by atoms with Crippen molar-refractivity contribution in [1.82, 2.24) is 15.1 Å². The smallest absolute Gasteiger partial charge is 0.272 e. The molecule has 0 aliphatic heterocycles. The normalized spacial score (nSPS) is 14.5. The number of hydrogen-bond donors (Lipinski definition) is 1. The minimum atomic E-state index is -0.181. The molecule has 2 aromatic carbocycles. The standard InChI is InChI=1S/C24H24Cl2IN3O2/c1-32-14-19-22(24(31)28-18-5-3-2-4-6-18)29-30(21-12-9-16(25)13-20(21)26)23(19)15-7-10-17(27)11-8-15/h7-13,18H,2-6,14H2,1H3,(H,28,31). The van der Waals surface area contributed by atoms with Crippen molar-refractivity contribution in [3.05, 3.63) is 67.3 Å². The summed E-state index contributed by atoms with van der Waals surface area (Å²) in [5.74, 6) is -0.181. The molecule has 1 amide bonds. The third-order valence-corrected chi connectivity index (χ3v) is 6.94. The van der Waals surface area contributed by atoms with Crippen molar-refractivity contribution in [3.63, 3.8) is 0 Å². The number of carbonyl (C=O) groups is 1. The van der Waals surface area contributed by atoms with Crippen molar-refractivity contribution < 1.29 is 9.53 Å². The first-order valence-corrected chi connectivity index (χ1v) is 12.4. The van der Waals surface area contributed by atoms with Crippen molar-refractivity contribution in [3.8, 4) is 16.9 Å². The lowest BCUT2D eigenvalue weighted by Crippen LogP contribution is -2.36. The summed E-state index contributed by atoms with van der Waals surface area (Å²) in [6.45, 7) is 0.250. The number of carbonyl (C=O) groups excluding carboxylic acids is 1. The Morgan fingerprint density at radius 1 is 1.16 bits per heavy atom. The molecule has 1 fully saturated rings. The average molecular weight is 584 g/mol. The summed E-state index contributed by atoms with van der Waals surface area (Å²) >= 11 is 14.9. The van der Waals surface area contributed by atoms with Crippen LogP contribution < -0.4 is 5.32 Å². The van der Waals surface area contributed by atoms with Gasteiger partial charge in [0.25, 0.3) is 5.91 Å².